The average Bonchev–Trinajstić information content (AvgIpc) is 1.35. The number of thiocarbonyl (C=S) groups is 1. The Bertz CT molecular complexity index is 51.1. The third-order valence-corrected chi connectivity index (χ3v) is 1.18. The van der Waals surface area contributed by atoms with Crippen LogP contribution in [0.5, 0.6) is 0 Å². The van der Waals surface area contributed by atoms with Crippen molar-refractivity contribution in [3.8, 4) is 0 Å². The van der Waals surface area contributed by atoms with E-state index in [0.717, 1.165) is 0 Å². The third kappa shape index (κ3) is 4.44. The lowest BCUT2D eigenvalue weighted by atomic mass is 10.3. The van der Waals surface area contributed by atoms with Crippen LogP contribution in [0, 0.1) is 0 Å². The van der Waals surface area contributed by atoms with Gasteiger partial charge in [-0.15, -0.1) is 0 Å². The molecule has 0 saturated carbocycles. The van der Waals surface area contributed by atoms with Crippen LogP contribution < -0.4 is 0 Å². The fraction of sp³-hybridized carbons (Fsp3) is 0.750. The summed E-state index contributed by atoms with van der Waals surface area (Å²) < 4.78 is -0.0741. The Morgan fingerprint density at radius 1 is 1.67 bits per heavy atom. The summed E-state index contributed by atoms with van der Waals surface area (Å²) in [7, 11) is 0. The van der Waals surface area contributed by atoms with Crippen molar-refractivity contribution in [3.05, 3.63) is 0 Å². The zero-order valence-corrected chi connectivity index (χ0v) is 5.64. The molecule has 0 amide bonds. The van der Waals surface area contributed by atoms with E-state index >= 15 is 0 Å². The van der Waals surface area contributed by atoms with Gasteiger partial charge in [0.1, 0.15) is 0 Å². The summed E-state index contributed by atoms with van der Waals surface area (Å²) >= 11 is 8.68. The molecule has 0 aromatic rings. The summed E-state index contributed by atoms with van der Waals surface area (Å²) in [4.78, 5) is 0. The maximum absolute atomic E-state index is 4.59. The standard InChI is InChI=1S/C4H8S2/c1-4(2,6)3-5/h3,6H,1-2H3. The Hall–Kier alpha value is 0.440. The van der Waals surface area contributed by atoms with E-state index in [1.165, 1.54) is 0 Å². The van der Waals surface area contributed by atoms with Crippen LogP contribution in [-0.4, -0.2) is 10.1 Å². The molecule has 0 atom stereocenters. The van der Waals surface area contributed by atoms with Crippen molar-refractivity contribution >= 4 is 30.2 Å². The Morgan fingerprint density at radius 2 is 1.83 bits per heavy atom. The number of hydrogen-bond acceptors (Lipinski definition) is 2. The minimum absolute atomic E-state index is 0.0741. The maximum Gasteiger partial charge on any atom is 0.0355 e. The Balaban J connectivity index is 3.45. The Morgan fingerprint density at radius 3 is 1.83 bits per heavy atom. The van der Waals surface area contributed by atoms with Crippen molar-refractivity contribution in [3.63, 3.8) is 0 Å². The molecule has 0 saturated heterocycles. The van der Waals surface area contributed by atoms with Gasteiger partial charge in [-0.1, -0.05) is 12.2 Å². The molecule has 6 heavy (non-hydrogen) atoms. The van der Waals surface area contributed by atoms with Crippen LogP contribution in [0.2, 0.25) is 0 Å². The van der Waals surface area contributed by atoms with Gasteiger partial charge in [-0.3, -0.25) is 0 Å². The zero-order valence-electron chi connectivity index (χ0n) is 3.93. The summed E-state index contributed by atoms with van der Waals surface area (Å²) in [6.07, 6.45) is 0. The van der Waals surface area contributed by atoms with Crippen molar-refractivity contribution in [2.75, 3.05) is 0 Å². The molecular weight excluding hydrogens is 112 g/mol. The first-order chi connectivity index (χ1) is 2.56. The van der Waals surface area contributed by atoms with Gasteiger partial charge in [0.15, 0.2) is 0 Å². The minimum atomic E-state index is -0.0741. The molecule has 2 heteroatoms. The smallest absolute Gasteiger partial charge is 0.0355 e. The Kier molecular flexibility index (Phi) is 2.08. The van der Waals surface area contributed by atoms with Gasteiger partial charge in [0.25, 0.3) is 0 Å². The lowest BCUT2D eigenvalue weighted by molar-refractivity contribution is 0.998. The molecule has 0 aliphatic rings. The topological polar surface area (TPSA) is 0 Å². The highest BCUT2D eigenvalue weighted by Crippen LogP contribution is 2.06. The molecule has 0 aliphatic heterocycles. The highest BCUT2D eigenvalue weighted by Gasteiger charge is 2.02. The molecule has 0 nitrogen and oxygen atoms in total. The summed E-state index contributed by atoms with van der Waals surface area (Å²) in [6, 6.07) is 0. The molecule has 0 rings (SSSR count). The normalized spacial score (nSPS) is 11.2. The average molecular weight is 120 g/mol. The van der Waals surface area contributed by atoms with Gasteiger partial charge in [-0.05, 0) is 19.2 Å². The lowest BCUT2D eigenvalue weighted by Crippen LogP contribution is -2.08. The van der Waals surface area contributed by atoms with Gasteiger partial charge in [0.2, 0.25) is 0 Å². The molecule has 0 aliphatic carbocycles. The van der Waals surface area contributed by atoms with Crippen LogP contribution in [-0.2, 0) is 0 Å². The van der Waals surface area contributed by atoms with Crippen molar-refractivity contribution < 1.29 is 0 Å². The van der Waals surface area contributed by atoms with E-state index in [1.54, 1.807) is 5.37 Å². The minimum Gasteiger partial charge on any atom is -0.168 e. The predicted octanol–water partition coefficient (Wildman–Crippen LogP) is 1.69. The summed E-state index contributed by atoms with van der Waals surface area (Å²) in [5.74, 6) is 0. The van der Waals surface area contributed by atoms with Gasteiger partial charge >= 0.3 is 0 Å². The van der Waals surface area contributed by atoms with Crippen LogP contribution in [0.1, 0.15) is 13.8 Å². The fourth-order valence-electron chi connectivity index (χ4n) is 0. The second-order valence-electron chi connectivity index (χ2n) is 1.77. The summed E-state index contributed by atoms with van der Waals surface area (Å²) in [6.45, 7) is 3.90. The molecule has 0 radical (unpaired) electrons. The van der Waals surface area contributed by atoms with Gasteiger partial charge in [0, 0.05) is 4.75 Å². The Labute approximate surface area is 49.3 Å². The zero-order chi connectivity index (χ0) is 5.21. The van der Waals surface area contributed by atoms with E-state index in [9.17, 15) is 0 Å². The van der Waals surface area contributed by atoms with E-state index in [1.807, 2.05) is 13.8 Å². The second-order valence-corrected chi connectivity index (χ2v) is 3.16. The van der Waals surface area contributed by atoms with Crippen LogP contribution in [0.15, 0.2) is 0 Å². The highest BCUT2D eigenvalue weighted by molar-refractivity contribution is 7.86. The monoisotopic (exact) mass is 120 g/mol. The van der Waals surface area contributed by atoms with E-state index < -0.39 is 0 Å². The van der Waals surface area contributed by atoms with E-state index in [2.05, 4.69) is 24.8 Å². The van der Waals surface area contributed by atoms with Crippen LogP contribution in [0.3, 0.4) is 0 Å². The molecule has 0 fully saturated rings. The third-order valence-electron chi connectivity index (χ3n) is 0.288. The first kappa shape index (κ1) is 6.44. The maximum atomic E-state index is 4.59. The first-order valence-corrected chi connectivity index (χ1v) is 2.67. The quantitative estimate of drug-likeness (QED) is 0.406. The largest absolute Gasteiger partial charge is 0.168 e. The number of hydrogen-bond donors (Lipinski definition) is 1. The molecule has 36 valence electrons. The highest BCUT2D eigenvalue weighted by atomic mass is 32.1. The molecule has 0 unspecified atom stereocenters. The molecule has 0 spiro atoms. The van der Waals surface area contributed by atoms with Crippen molar-refractivity contribution in [2.24, 2.45) is 0 Å². The SMILES string of the molecule is CC(C)(S)C=S. The van der Waals surface area contributed by atoms with Crippen LogP contribution in [0.4, 0.5) is 0 Å². The van der Waals surface area contributed by atoms with Gasteiger partial charge in [-0.2, -0.15) is 12.6 Å². The summed E-state index contributed by atoms with van der Waals surface area (Å²) in [5, 5.41) is 1.64. The number of rotatable bonds is 1. The van der Waals surface area contributed by atoms with Gasteiger partial charge in [-0.25, -0.2) is 0 Å². The molecular formula is C4H8S2. The molecule has 0 aromatic heterocycles. The number of thiol groups is 1. The second kappa shape index (κ2) is 1.94. The van der Waals surface area contributed by atoms with Gasteiger partial charge < -0.3 is 0 Å². The van der Waals surface area contributed by atoms with Crippen molar-refractivity contribution in [1.82, 2.24) is 0 Å². The van der Waals surface area contributed by atoms with Gasteiger partial charge in [0.05, 0.1) is 0 Å². The van der Waals surface area contributed by atoms with Crippen molar-refractivity contribution in [2.45, 2.75) is 18.6 Å². The fourth-order valence-corrected chi connectivity index (χ4v) is 0. The van der Waals surface area contributed by atoms with E-state index in [4.69, 9.17) is 0 Å². The van der Waals surface area contributed by atoms with Crippen LogP contribution >= 0.6 is 24.8 Å². The van der Waals surface area contributed by atoms with Crippen molar-refractivity contribution in [1.29, 1.82) is 0 Å². The lowest BCUT2D eigenvalue weighted by Gasteiger charge is -2.05. The molecule has 0 heterocycles. The summed E-state index contributed by atoms with van der Waals surface area (Å²) in [5.41, 5.74) is 0. The molecule has 0 N–H and O–H groups in total. The van der Waals surface area contributed by atoms with E-state index in [-0.39, 0.29) is 4.75 Å². The molecule has 0 bridgehead atoms. The first-order valence-electron chi connectivity index (χ1n) is 1.75. The van der Waals surface area contributed by atoms with E-state index in [0.29, 0.717) is 0 Å². The molecule has 0 aromatic carbocycles. The predicted molar refractivity (Wildman–Crippen MR) is 36.7 cm³/mol. The van der Waals surface area contributed by atoms with Crippen LogP contribution in [0.25, 0.3) is 0 Å².